The van der Waals surface area contributed by atoms with Gasteiger partial charge in [0.1, 0.15) is 11.8 Å². The SMILES string of the molecule is COc1cccc(N(C)CC(NC(C)=O)C(=O)O)c1. The van der Waals surface area contributed by atoms with Crippen LogP contribution in [-0.2, 0) is 9.59 Å². The molecule has 2 N–H and O–H groups in total. The number of carbonyl (C=O) groups excluding carboxylic acids is 1. The smallest absolute Gasteiger partial charge is 0.328 e. The Labute approximate surface area is 112 Å². The zero-order chi connectivity index (χ0) is 14.4. The predicted molar refractivity (Wildman–Crippen MR) is 71.5 cm³/mol. The summed E-state index contributed by atoms with van der Waals surface area (Å²) < 4.78 is 5.11. The van der Waals surface area contributed by atoms with Gasteiger partial charge in [-0.15, -0.1) is 0 Å². The molecule has 1 atom stereocenters. The number of rotatable bonds is 6. The number of hydrogen-bond donors (Lipinski definition) is 2. The highest BCUT2D eigenvalue weighted by Gasteiger charge is 2.20. The fourth-order valence-electron chi connectivity index (χ4n) is 1.66. The minimum atomic E-state index is -1.06. The van der Waals surface area contributed by atoms with Crippen LogP contribution in [0.2, 0.25) is 0 Å². The summed E-state index contributed by atoms with van der Waals surface area (Å²) in [6.45, 7) is 1.46. The van der Waals surface area contributed by atoms with E-state index in [1.54, 1.807) is 31.2 Å². The molecule has 0 spiro atoms. The van der Waals surface area contributed by atoms with Crippen LogP contribution in [0.25, 0.3) is 0 Å². The molecule has 19 heavy (non-hydrogen) atoms. The third-order valence-corrected chi connectivity index (χ3v) is 2.63. The molecule has 1 amide bonds. The van der Waals surface area contributed by atoms with Crippen molar-refractivity contribution in [3.8, 4) is 5.75 Å². The molecular formula is C13H18N2O4. The van der Waals surface area contributed by atoms with E-state index in [2.05, 4.69) is 5.32 Å². The number of benzene rings is 1. The van der Waals surface area contributed by atoms with E-state index in [-0.39, 0.29) is 12.5 Å². The van der Waals surface area contributed by atoms with Crippen LogP contribution in [0.4, 0.5) is 5.69 Å². The zero-order valence-electron chi connectivity index (χ0n) is 11.2. The Balaban J connectivity index is 2.77. The molecule has 0 fully saturated rings. The second-order valence-corrected chi connectivity index (χ2v) is 4.17. The van der Waals surface area contributed by atoms with Gasteiger partial charge in [-0.25, -0.2) is 4.79 Å². The number of aliphatic carboxylic acids is 1. The maximum atomic E-state index is 11.1. The molecule has 0 heterocycles. The van der Waals surface area contributed by atoms with Crippen molar-refractivity contribution in [1.29, 1.82) is 0 Å². The van der Waals surface area contributed by atoms with E-state index in [4.69, 9.17) is 9.84 Å². The number of carboxylic acid groups (broad SMARTS) is 1. The Hall–Kier alpha value is -2.24. The van der Waals surface area contributed by atoms with Gasteiger partial charge in [0.15, 0.2) is 0 Å². The maximum absolute atomic E-state index is 11.1. The molecule has 1 aromatic rings. The largest absolute Gasteiger partial charge is 0.497 e. The van der Waals surface area contributed by atoms with Crippen molar-refractivity contribution >= 4 is 17.6 Å². The van der Waals surface area contributed by atoms with Crippen LogP contribution in [0.5, 0.6) is 5.75 Å². The summed E-state index contributed by atoms with van der Waals surface area (Å²) in [5.74, 6) is -0.743. The topological polar surface area (TPSA) is 78.9 Å². The Morgan fingerprint density at radius 2 is 2.16 bits per heavy atom. The number of likely N-dealkylation sites (N-methyl/N-ethyl adjacent to an activating group) is 1. The monoisotopic (exact) mass is 266 g/mol. The number of ether oxygens (including phenoxy) is 1. The first-order chi connectivity index (χ1) is 8.93. The van der Waals surface area contributed by atoms with Crippen LogP contribution < -0.4 is 15.0 Å². The molecule has 0 aromatic heterocycles. The molecule has 0 saturated carbocycles. The number of hydrogen-bond acceptors (Lipinski definition) is 4. The summed E-state index contributed by atoms with van der Waals surface area (Å²) in [4.78, 5) is 23.8. The van der Waals surface area contributed by atoms with Gasteiger partial charge in [0.2, 0.25) is 5.91 Å². The Bertz CT molecular complexity index is 462. The van der Waals surface area contributed by atoms with Gasteiger partial charge in [-0.1, -0.05) is 6.07 Å². The molecule has 0 radical (unpaired) electrons. The summed E-state index contributed by atoms with van der Waals surface area (Å²) in [5, 5.41) is 11.4. The molecular weight excluding hydrogens is 248 g/mol. The maximum Gasteiger partial charge on any atom is 0.328 e. The second kappa shape index (κ2) is 6.63. The standard InChI is InChI=1S/C13H18N2O4/c1-9(16)14-12(13(17)18)8-15(2)10-5-4-6-11(7-10)19-3/h4-7,12H,8H2,1-3H3,(H,14,16)(H,17,18). The lowest BCUT2D eigenvalue weighted by molar-refractivity contribution is -0.141. The zero-order valence-corrected chi connectivity index (χ0v) is 11.2. The number of amides is 1. The van der Waals surface area contributed by atoms with Crippen LogP contribution in [0.15, 0.2) is 24.3 Å². The minimum absolute atomic E-state index is 0.169. The molecule has 0 saturated heterocycles. The normalized spacial score (nSPS) is 11.5. The van der Waals surface area contributed by atoms with E-state index >= 15 is 0 Å². The van der Waals surface area contributed by atoms with Gasteiger partial charge in [0.25, 0.3) is 0 Å². The first kappa shape index (κ1) is 14.8. The third-order valence-electron chi connectivity index (χ3n) is 2.63. The van der Waals surface area contributed by atoms with E-state index in [0.717, 1.165) is 5.69 Å². The van der Waals surface area contributed by atoms with Crippen molar-refractivity contribution in [3.63, 3.8) is 0 Å². The lowest BCUT2D eigenvalue weighted by Gasteiger charge is -2.24. The summed E-state index contributed by atoms with van der Waals surface area (Å²) in [7, 11) is 3.32. The van der Waals surface area contributed by atoms with Gasteiger partial charge in [0.05, 0.1) is 7.11 Å². The highest BCUT2D eigenvalue weighted by atomic mass is 16.5. The van der Waals surface area contributed by atoms with E-state index in [1.165, 1.54) is 6.92 Å². The van der Waals surface area contributed by atoms with E-state index < -0.39 is 12.0 Å². The van der Waals surface area contributed by atoms with Crippen molar-refractivity contribution in [2.45, 2.75) is 13.0 Å². The summed E-state index contributed by atoms with van der Waals surface area (Å²) >= 11 is 0. The number of nitrogens with zero attached hydrogens (tertiary/aromatic N) is 1. The van der Waals surface area contributed by atoms with Crippen molar-refractivity contribution in [2.24, 2.45) is 0 Å². The molecule has 0 aliphatic carbocycles. The van der Waals surface area contributed by atoms with Gasteiger partial charge in [-0.3, -0.25) is 4.79 Å². The van der Waals surface area contributed by atoms with Crippen molar-refractivity contribution in [2.75, 3.05) is 25.6 Å². The van der Waals surface area contributed by atoms with Crippen LogP contribution in [0.1, 0.15) is 6.92 Å². The number of carboxylic acids is 1. The van der Waals surface area contributed by atoms with Gasteiger partial charge in [-0.05, 0) is 12.1 Å². The molecule has 0 bridgehead atoms. The van der Waals surface area contributed by atoms with Crippen molar-refractivity contribution < 1.29 is 19.4 Å². The third kappa shape index (κ3) is 4.50. The Morgan fingerprint density at radius 3 is 2.68 bits per heavy atom. The van der Waals surface area contributed by atoms with Gasteiger partial charge >= 0.3 is 5.97 Å². The van der Waals surface area contributed by atoms with E-state index in [9.17, 15) is 9.59 Å². The van der Waals surface area contributed by atoms with Crippen LogP contribution in [-0.4, -0.2) is 43.7 Å². The first-order valence-corrected chi connectivity index (χ1v) is 5.79. The highest BCUT2D eigenvalue weighted by molar-refractivity contribution is 5.82. The van der Waals surface area contributed by atoms with E-state index in [0.29, 0.717) is 5.75 Å². The van der Waals surface area contributed by atoms with Gasteiger partial charge < -0.3 is 20.1 Å². The second-order valence-electron chi connectivity index (χ2n) is 4.17. The summed E-state index contributed by atoms with van der Waals surface area (Å²) in [5.41, 5.74) is 0.816. The van der Waals surface area contributed by atoms with Crippen molar-refractivity contribution in [3.05, 3.63) is 24.3 Å². The number of carbonyl (C=O) groups is 2. The highest BCUT2D eigenvalue weighted by Crippen LogP contribution is 2.19. The molecule has 1 unspecified atom stereocenters. The fourth-order valence-corrected chi connectivity index (χ4v) is 1.66. The lowest BCUT2D eigenvalue weighted by Crippen LogP contribution is -2.47. The molecule has 6 nitrogen and oxygen atoms in total. The lowest BCUT2D eigenvalue weighted by atomic mass is 10.2. The average Bonchev–Trinajstić information content (AvgIpc) is 2.37. The molecule has 0 aliphatic heterocycles. The van der Waals surface area contributed by atoms with Crippen LogP contribution in [0, 0.1) is 0 Å². The molecule has 104 valence electrons. The number of nitrogens with one attached hydrogen (secondary N) is 1. The molecule has 1 aromatic carbocycles. The summed E-state index contributed by atoms with van der Waals surface area (Å²) in [6, 6.07) is 6.31. The fraction of sp³-hybridized carbons (Fsp3) is 0.385. The van der Waals surface area contributed by atoms with Crippen LogP contribution >= 0.6 is 0 Å². The quantitative estimate of drug-likeness (QED) is 0.793. The Kier molecular flexibility index (Phi) is 5.17. The van der Waals surface area contributed by atoms with Gasteiger partial charge in [0, 0.05) is 32.3 Å². The Morgan fingerprint density at radius 1 is 1.47 bits per heavy atom. The number of methoxy groups -OCH3 is 1. The number of anilines is 1. The van der Waals surface area contributed by atoms with Crippen molar-refractivity contribution in [1.82, 2.24) is 5.32 Å². The molecule has 1 rings (SSSR count). The first-order valence-electron chi connectivity index (χ1n) is 5.79. The predicted octanol–water partition coefficient (Wildman–Crippen LogP) is 0.721. The van der Waals surface area contributed by atoms with Crippen LogP contribution in [0.3, 0.4) is 0 Å². The molecule has 6 heteroatoms. The van der Waals surface area contributed by atoms with E-state index in [1.807, 2.05) is 12.1 Å². The molecule has 0 aliphatic rings. The van der Waals surface area contributed by atoms with Gasteiger partial charge in [-0.2, -0.15) is 0 Å². The average molecular weight is 266 g/mol. The minimum Gasteiger partial charge on any atom is -0.497 e. The summed E-state index contributed by atoms with van der Waals surface area (Å²) in [6.07, 6.45) is 0.